The number of carbonyl (C=O) groups excluding carboxylic acids is 1. The highest BCUT2D eigenvalue weighted by Crippen LogP contribution is 2.28. The van der Waals surface area contributed by atoms with Gasteiger partial charge in [0.2, 0.25) is 0 Å². The number of rotatable bonds is 5. The van der Waals surface area contributed by atoms with Crippen molar-refractivity contribution in [1.82, 2.24) is 5.32 Å². The molecule has 0 radical (unpaired) electrons. The zero-order valence-corrected chi connectivity index (χ0v) is 13.3. The van der Waals surface area contributed by atoms with E-state index in [1.165, 1.54) is 0 Å². The summed E-state index contributed by atoms with van der Waals surface area (Å²) in [4.78, 5) is 11.6. The standard InChI is InChI=1S/C14H18BrN3O2/c1-9(2)20-13-5-4-11(6-12(13)15)18-14(19)17-8-10(3)7-16/h4-6,9-10H,8H2,1-3H3,(H2,17,18,19). The Hall–Kier alpha value is -1.74. The molecule has 0 saturated heterocycles. The summed E-state index contributed by atoms with van der Waals surface area (Å²) in [6.07, 6.45) is 0.0841. The molecule has 20 heavy (non-hydrogen) atoms. The van der Waals surface area contributed by atoms with E-state index < -0.39 is 0 Å². The summed E-state index contributed by atoms with van der Waals surface area (Å²) in [5.41, 5.74) is 0.648. The van der Waals surface area contributed by atoms with Crippen LogP contribution in [0.4, 0.5) is 10.5 Å². The molecule has 0 aliphatic heterocycles. The maximum Gasteiger partial charge on any atom is 0.319 e. The van der Waals surface area contributed by atoms with Crippen molar-refractivity contribution in [3.8, 4) is 11.8 Å². The normalized spacial score (nSPS) is 11.6. The van der Waals surface area contributed by atoms with E-state index >= 15 is 0 Å². The number of anilines is 1. The van der Waals surface area contributed by atoms with Crippen LogP contribution >= 0.6 is 15.9 Å². The second kappa shape index (κ2) is 7.75. The van der Waals surface area contributed by atoms with Crippen LogP contribution in [0.2, 0.25) is 0 Å². The molecule has 0 heterocycles. The predicted molar refractivity (Wildman–Crippen MR) is 81.7 cm³/mol. The van der Waals surface area contributed by atoms with Crippen LogP contribution in [-0.4, -0.2) is 18.7 Å². The van der Waals surface area contributed by atoms with Gasteiger partial charge in [-0.05, 0) is 54.9 Å². The molecule has 0 spiro atoms. The first-order chi connectivity index (χ1) is 9.42. The zero-order valence-electron chi connectivity index (χ0n) is 11.7. The highest BCUT2D eigenvalue weighted by Gasteiger charge is 2.08. The number of hydrogen-bond donors (Lipinski definition) is 2. The Kier molecular flexibility index (Phi) is 6.32. The smallest absolute Gasteiger partial charge is 0.319 e. The molecule has 0 saturated carbocycles. The van der Waals surface area contributed by atoms with Gasteiger partial charge in [0.15, 0.2) is 0 Å². The summed E-state index contributed by atoms with van der Waals surface area (Å²) in [5, 5.41) is 14.0. The van der Waals surface area contributed by atoms with Gasteiger partial charge in [-0.2, -0.15) is 5.26 Å². The fraction of sp³-hybridized carbons (Fsp3) is 0.429. The fourth-order valence-electron chi connectivity index (χ4n) is 1.39. The first-order valence-electron chi connectivity index (χ1n) is 6.33. The molecule has 5 nitrogen and oxygen atoms in total. The van der Waals surface area contributed by atoms with Gasteiger partial charge >= 0.3 is 6.03 Å². The Morgan fingerprint density at radius 2 is 2.15 bits per heavy atom. The highest BCUT2D eigenvalue weighted by molar-refractivity contribution is 9.10. The van der Waals surface area contributed by atoms with Crippen molar-refractivity contribution in [2.45, 2.75) is 26.9 Å². The fourth-order valence-corrected chi connectivity index (χ4v) is 1.87. The Balaban J connectivity index is 2.59. The van der Waals surface area contributed by atoms with Crippen molar-refractivity contribution in [3.63, 3.8) is 0 Å². The minimum atomic E-state index is -0.337. The molecule has 0 aromatic heterocycles. The lowest BCUT2D eigenvalue weighted by atomic mass is 10.2. The number of hydrogen-bond acceptors (Lipinski definition) is 3. The van der Waals surface area contributed by atoms with Crippen molar-refractivity contribution in [1.29, 1.82) is 5.26 Å². The molecule has 2 amide bonds. The van der Waals surface area contributed by atoms with Gasteiger partial charge in [-0.3, -0.25) is 0 Å². The largest absolute Gasteiger partial charge is 0.490 e. The van der Waals surface area contributed by atoms with Gasteiger partial charge in [0.1, 0.15) is 5.75 Å². The minimum Gasteiger partial charge on any atom is -0.490 e. The number of ether oxygens (including phenoxy) is 1. The molecule has 0 aliphatic carbocycles. The lowest BCUT2D eigenvalue weighted by molar-refractivity contribution is 0.241. The summed E-state index contributed by atoms with van der Waals surface area (Å²) in [6, 6.07) is 7.03. The second-order valence-electron chi connectivity index (χ2n) is 4.68. The number of halogens is 1. The Labute approximate surface area is 127 Å². The van der Waals surface area contributed by atoms with E-state index in [4.69, 9.17) is 10.00 Å². The average Bonchev–Trinajstić information content (AvgIpc) is 2.38. The summed E-state index contributed by atoms with van der Waals surface area (Å²) in [6.45, 7) is 5.96. The molecule has 1 atom stereocenters. The van der Waals surface area contributed by atoms with Crippen LogP contribution in [0, 0.1) is 17.2 Å². The average molecular weight is 340 g/mol. The van der Waals surface area contributed by atoms with Crippen LogP contribution in [-0.2, 0) is 0 Å². The maximum absolute atomic E-state index is 11.6. The van der Waals surface area contributed by atoms with Gasteiger partial charge in [0.25, 0.3) is 0 Å². The summed E-state index contributed by atoms with van der Waals surface area (Å²) in [7, 11) is 0. The molecule has 108 valence electrons. The molecule has 0 aliphatic rings. The SMILES string of the molecule is CC(C#N)CNC(=O)Nc1ccc(OC(C)C)c(Br)c1. The second-order valence-corrected chi connectivity index (χ2v) is 5.53. The van der Waals surface area contributed by atoms with E-state index in [1.54, 1.807) is 25.1 Å². The number of carbonyl (C=O) groups is 1. The number of amides is 2. The van der Waals surface area contributed by atoms with Crippen LogP contribution in [0.5, 0.6) is 5.75 Å². The van der Waals surface area contributed by atoms with Gasteiger partial charge in [-0.25, -0.2) is 4.79 Å². The molecular weight excluding hydrogens is 322 g/mol. The maximum atomic E-state index is 11.6. The van der Waals surface area contributed by atoms with E-state index in [2.05, 4.69) is 32.6 Å². The third kappa shape index (κ3) is 5.49. The molecule has 1 unspecified atom stereocenters. The topological polar surface area (TPSA) is 74.2 Å². The quantitative estimate of drug-likeness (QED) is 0.861. The van der Waals surface area contributed by atoms with Gasteiger partial charge in [-0.15, -0.1) is 0 Å². The van der Waals surface area contributed by atoms with Crippen molar-refractivity contribution in [2.24, 2.45) is 5.92 Å². The molecule has 1 aromatic carbocycles. The summed E-state index contributed by atoms with van der Waals surface area (Å²) in [5.74, 6) is 0.512. The molecular formula is C14H18BrN3O2. The van der Waals surface area contributed by atoms with Crippen molar-refractivity contribution in [2.75, 3.05) is 11.9 Å². The number of nitrogens with zero attached hydrogens (tertiary/aromatic N) is 1. The lowest BCUT2D eigenvalue weighted by Gasteiger charge is -2.13. The summed E-state index contributed by atoms with van der Waals surface area (Å²) < 4.78 is 6.36. The predicted octanol–water partition coefficient (Wildman–Crippen LogP) is 3.52. The van der Waals surface area contributed by atoms with Crippen LogP contribution < -0.4 is 15.4 Å². The highest BCUT2D eigenvalue weighted by atomic mass is 79.9. The van der Waals surface area contributed by atoms with Crippen molar-refractivity contribution in [3.05, 3.63) is 22.7 Å². The number of nitriles is 1. The van der Waals surface area contributed by atoms with Crippen LogP contribution in [0.15, 0.2) is 22.7 Å². The van der Waals surface area contributed by atoms with Crippen LogP contribution in [0.25, 0.3) is 0 Å². The van der Waals surface area contributed by atoms with Gasteiger partial charge < -0.3 is 15.4 Å². The first-order valence-corrected chi connectivity index (χ1v) is 7.12. The third-order valence-electron chi connectivity index (χ3n) is 2.34. The lowest BCUT2D eigenvalue weighted by Crippen LogP contribution is -2.32. The monoisotopic (exact) mass is 339 g/mol. The van der Waals surface area contributed by atoms with E-state index in [0.717, 1.165) is 10.2 Å². The third-order valence-corrected chi connectivity index (χ3v) is 2.96. The summed E-state index contributed by atoms with van der Waals surface area (Å²) >= 11 is 3.40. The Bertz CT molecular complexity index is 512. The van der Waals surface area contributed by atoms with E-state index in [-0.39, 0.29) is 18.1 Å². The molecule has 0 bridgehead atoms. The molecule has 2 N–H and O–H groups in total. The van der Waals surface area contributed by atoms with Gasteiger partial charge in [-0.1, -0.05) is 0 Å². The molecule has 1 aromatic rings. The Morgan fingerprint density at radius 3 is 2.70 bits per heavy atom. The Morgan fingerprint density at radius 1 is 1.45 bits per heavy atom. The minimum absolute atomic E-state index is 0.0841. The number of urea groups is 1. The van der Waals surface area contributed by atoms with E-state index in [0.29, 0.717) is 12.2 Å². The van der Waals surface area contributed by atoms with E-state index in [9.17, 15) is 4.79 Å². The number of benzene rings is 1. The van der Waals surface area contributed by atoms with Crippen LogP contribution in [0.1, 0.15) is 20.8 Å². The molecule has 0 fully saturated rings. The van der Waals surface area contributed by atoms with Crippen molar-refractivity contribution >= 4 is 27.6 Å². The van der Waals surface area contributed by atoms with Gasteiger partial charge in [0.05, 0.1) is 22.6 Å². The zero-order chi connectivity index (χ0) is 15.1. The van der Waals surface area contributed by atoms with Gasteiger partial charge in [0, 0.05) is 12.2 Å². The van der Waals surface area contributed by atoms with Crippen LogP contribution in [0.3, 0.4) is 0 Å². The van der Waals surface area contributed by atoms with Crippen molar-refractivity contribution < 1.29 is 9.53 Å². The van der Waals surface area contributed by atoms with E-state index in [1.807, 2.05) is 13.8 Å². The first kappa shape index (κ1) is 16.3. The molecule has 6 heteroatoms. The number of nitrogens with one attached hydrogen (secondary N) is 2. The molecule has 1 rings (SSSR count).